The third-order valence-electron chi connectivity index (χ3n) is 4.32. The normalized spacial score (nSPS) is 17.8. The summed E-state index contributed by atoms with van der Waals surface area (Å²) in [7, 11) is 0. The number of anilines is 1. The summed E-state index contributed by atoms with van der Waals surface area (Å²) in [5.41, 5.74) is -1.60. The van der Waals surface area contributed by atoms with Gasteiger partial charge in [0.15, 0.2) is 11.6 Å². The number of aliphatic hydroxyl groups is 1. The van der Waals surface area contributed by atoms with Crippen LogP contribution in [0.15, 0.2) is 12.1 Å². The van der Waals surface area contributed by atoms with E-state index in [9.17, 15) is 27.5 Å². The van der Waals surface area contributed by atoms with Gasteiger partial charge in [-0.1, -0.05) is 13.8 Å². The molecular weight excluding hydrogens is 354 g/mol. The van der Waals surface area contributed by atoms with Crippen LogP contribution in [0.3, 0.4) is 0 Å². The predicted molar refractivity (Wildman–Crippen MR) is 89.2 cm³/mol. The van der Waals surface area contributed by atoms with Gasteiger partial charge >= 0.3 is 6.03 Å². The van der Waals surface area contributed by atoms with Crippen molar-refractivity contribution in [2.24, 2.45) is 5.41 Å². The van der Waals surface area contributed by atoms with E-state index in [1.54, 1.807) is 0 Å². The Bertz CT molecular complexity index is 655. The van der Waals surface area contributed by atoms with Gasteiger partial charge < -0.3 is 20.6 Å². The molecule has 5 nitrogen and oxygen atoms in total. The summed E-state index contributed by atoms with van der Waals surface area (Å²) in [6, 6.07) is 0.876. The monoisotopic (exact) mass is 377 g/mol. The average Bonchev–Trinajstić information content (AvgIpc) is 3.05. The van der Waals surface area contributed by atoms with Gasteiger partial charge in [0.05, 0.1) is 5.56 Å². The number of hydrogen-bond donors (Lipinski definition) is 3. The van der Waals surface area contributed by atoms with Crippen molar-refractivity contribution in [3.05, 3.63) is 29.3 Å². The second-order valence-electron chi connectivity index (χ2n) is 7.23. The third-order valence-corrected chi connectivity index (χ3v) is 4.32. The molecular formula is C17H23F4N3O2. The number of amides is 2. The van der Waals surface area contributed by atoms with E-state index < -0.39 is 29.7 Å². The minimum absolute atomic E-state index is 0.0273. The quantitative estimate of drug-likeness (QED) is 0.668. The second kappa shape index (κ2) is 8.22. The lowest BCUT2D eigenvalue weighted by Gasteiger charge is -2.25. The van der Waals surface area contributed by atoms with Crippen molar-refractivity contribution in [1.82, 2.24) is 10.2 Å². The Morgan fingerprint density at radius 3 is 2.69 bits per heavy atom. The number of urea groups is 1. The van der Waals surface area contributed by atoms with Crippen LogP contribution in [0.2, 0.25) is 0 Å². The smallest absolute Gasteiger partial charge is 0.321 e. The van der Waals surface area contributed by atoms with Crippen molar-refractivity contribution < 1.29 is 27.5 Å². The van der Waals surface area contributed by atoms with Crippen LogP contribution < -0.4 is 10.6 Å². The summed E-state index contributed by atoms with van der Waals surface area (Å²) in [6.45, 7) is 5.24. The lowest BCUT2D eigenvalue weighted by atomic mass is 9.94. The van der Waals surface area contributed by atoms with Gasteiger partial charge in [-0.2, -0.15) is 0 Å². The Hall–Kier alpha value is -1.87. The molecule has 1 aliphatic rings. The largest absolute Gasteiger partial charge is 0.396 e. The van der Waals surface area contributed by atoms with Crippen molar-refractivity contribution in [3.63, 3.8) is 0 Å². The van der Waals surface area contributed by atoms with Crippen molar-refractivity contribution in [2.75, 3.05) is 31.6 Å². The van der Waals surface area contributed by atoms with E-state index in [4.69, 9.17) is 0 Å². The Morgan fingerprint density at radius 1 is 1.38 bits per heavy atom. The van der Waals surface area contributed by atoms with Crippen LogP contribution in [0.25, 0.3) is 0 Å². The SMILES string of the molecule is CC(C)(CO)CNC1CCN(C(=O)Nc2cc(F)c(F)c(C(F)F)c2)C1. The van der Waals surface area contributed by atoms with E-state index in [-0.39, 0.29) is 23.8 Å². The van der Waals surface area contributed by atoms with Crippen LogP contribution in [0.4, 0.5) is 28.0 Å². The average molecular weight is 377 g/mol. The van der Waals surface area contributed by atoms with Gasteiger partial charge in [-0.15, -0.1) is 0 Å². The van der Waals surface area contributed by atoms with Gasteiger partial charge in [0.1, 0.15) is 0 Å². The molecule has 0 saturated carbocycles. The van der Waals surface area contributed by atoms with Gasteiger partial charge in [0.25, 0.3) is 6.43 Å². The van der Waals surface area contributed by atoms with Crippen LogP contribution in [0, 0.1) is 17.0 Å². The number of hydrogen-bond acceptors (Lipinski definition) is 3. The summed E-state index contributed by atoms with van der Waals surface area (Å²) in [4.78, 5) is 13.7. The molecule has 1 aromatic carbocycles. The first-order chi connectivity index (χ1) is 12.1. The Kier molecular flexibility index (Phi) is 6.46. The van der Waals surface area contributed by atoms with Crippen LogP contribution in [-0.2, 0) is 0 Å². The van der Waals surface area contributed by atoms with Crippen LogP contribution in [0.1, 0.15) is 32.3 Å². The second-order valence-corrected chi connectivity index (χ2v) is 7.23. The summed E-state index contributed by atoms with van der Waals surface area (Å²) in [5, 5.41) is 14.9. The molecule has 3 N–H and O–H groups in total. The van der Waals surface area contributed by atoms with Gasteiger partial charge in [0.2, 0.25) is 0 Å². The molecule has 2 amide bonds. The molecule has 1 aliphatic heterocycles. The molecule has 0 aromatic heterocycles. The molecule has 1 fully saturated rings. The van der Waals surface area contributed by atoms with E-state index in [0.717, 1.165) is 6.07 Å². The molecule has 1 unspecified atom stereocenters. The molecule has 2 rings (SSSR count). The molecule has 0 aliphatic carbocycles. The third kappa shape index (κ3) is 5.07. The van der Waals surface area contributed by atoms with Crippen molar-refractivity contribution in [2.45, 2.75) is 32.7 Å². The zero-order valence-electron chi connectivity index (χ0n) is 14.7. The number of likely N-dealkylation sites (tertiary alicyclic amines) is 1. The maximum atomic E-state index is 13.4. The maximum absolute atomic E-state index is 13.4. The number of halogens is 4. The van der Waals surface area contributed by atoms with Gasteiger partial charge in [-0.05, 0) is 12.5 Å². The maximum Gasteiger partial charge on any atom is 0.321 e. The highest BCUT2D eigenvalue weighted by Gasteiger charge is 2.28. The number of aliphatic hydroxyl groups excluding tert-OH is 1. The number of carbonyl (C=O) groups is 1. The van der Waals surface area contributed by atoms with Crippen LogP contribution in [-0.4, -0.2) is 48.3 Å². The summed E-state index contributed by atoms with van der Waals surface area (Å²) >= 11 is 0. The lowest BCUT2D eigenvalue weighted by molar-refractivity contribution is 0.145. The number of benzene rings is 1. The molecule has 1 saturated heterocycles. The van der Waals surface area contributed by atoms with Gasteiger partial charge in [0, 0.05) is 49.5 Å². The Labute approximate surface area is 149 Å². The van der Waals surface area contributed by atoms with Crippen molar-refractivity contribution in [3.8, 4) is 0 Å². The van der Waals surface area contributed by atoms with Gasteiger partial charge in [-0.25, -0.2) is 22.4 Å². The number of nitrogens with zero attached hydrogens (tertiary/aromatic N) is 1. The fourth-order valence-electron chi connectivity index (χ4n) is 2.63. The predicted octanol–water partition coefficient (Wildman–Crippen LogP) is 3.12. The minimum atomic E-state index is -3.18. The molecule has 26 heavy (non-hydrogen) atoms. The molecule has 9 heteroatoms. The zero-order valence-corrected chi connectivity index (χ0v) is 14.7. The molecule has 146 valence electrons. The first kappa shape index (κ1) is 20.4. The van der Waals surface area contributed by atoms with E-state index in [1.807, 2.05) is 13.8 Å². The van der Waals surface area contributed by atoms with Gasteiger partial charge in [-0.3, -0.25) is 0 Å². The first-order valence-electron chi connectivity index (χ1n) is 8.30. The van der Waals surface area contributed by atoms with E-state index in [0.29, 0.717) is 32.1 Å². The van der Waals surface area contributed by atoms with Crippen molar-refractivity contribution >= 4 is 11.7 Å². The Morgan fingerprint density at radius 2 is 2.08 bits per heavy atom. The highest BCUT2D eigenvalue weighted by Crippen LogP contribution is 2.27. The first-order valence-corrected chi connectivity index (χ1v) is 8.30. The standard InChI is InChI=1S/C17H23F4N3O2/c1-17(2,9-25)8-22-10-3-4-24(7-10)16(26)23-11-5-12(15(20)21)14(19)13(18)6-11/h5-6,10,15,22,25H,3-4,7-9H2,1-2H3,(H,23,26). The van der Waals surface area contributed by atoms with E-state index >= 15 is 0 Å². The lowest BCUT2D eigenvalue weighted by Crippen LogP contribution is -2.41. The van der Waals surface area contributed by atoms with E-state index in [1.165, 1.54) is 4.90 Å². The molecule has 1 aromatic rings. The topological polar surface area (TPSA) is 64.6 Å². The minimum Gasteiger partial charge on any atom is -0.396 e. The molecule has 1 heterocycles. The number of carbonyl (C=O) groups excluding carboxylic acids is 1. The summed E-state index contributed by atoms with van der Waals surface area (Å²) in [6.07, 6.45) is -2.49. The fraction of sp³-hybridized carbons (Fsp3) is 0.588. The van der Waals surface area contributed by atoms with Crippen LogP contribution in [0.5, 0.6) is 0 Å². The summed E-state index contributed by atoms with van der Waals surface area (Å²) in [5.74, 6) is -3.06. The van der Waals surface area contributed by atoms with Crippen LogP contribution >= 0.6 is 0 Å². The molecule has 1 atom stereocenters. The van der Waals surface area contributed by atoms with E-state index in [2.05, 4.69) is 10.6 Å². The zero-order chi connectivity index (χ0) is 19.5. The fourth-order valence-corrected chi connectivity index (χ4v) is 2.63. The van der Waals surface area contributed by atoms with Crippen molar-refractivity contribution in [1.29, 1.82) is 0 Å². The molecule has 0 spiro atoms. The molecule has 0 bridgehead atoms. The summed E-state index contributed by atoms with van der Waals surface area (Å²) < 4.78 is 52.2. The highest BCUT2D eigenvalue weighted by atomic mass is 19.3. The number of alkyl halides is 2. The molecule has 0 radical (unpaired) electrons. The number of nitrogens with one attached hydrogen (secondary N) is 2. The number of rotatable bonds is 6. The Balaban J connectivity index is 1.95. The highest BCUT2D eigenvalue weighted by molar-refractivity contribution is 5.89.